The van der Waals surface area contributed by atoms with Crippen LogP contribution in [0.15, 0.2) is 35.2 Å². The third-order valence-corrected chi connectivity index (χ3v) is 27.5. The molecule has 0 fully saturated rings. The fourth-order valence-electron chi connectivity index (χ4n) is 7.43. The molecule has 0 heterocycles. The predicted octanol–water partition coefficient (Wildman–Crippen LogP) is 15.5. The van der Waals surface area contributed by atoms with E-state index in [0.29, 0.717) is 4.90 Å². The molecule has 0 aliphatic heterocycles. The van der Waals surface area contributed by atoms with Gasteiger partial charge in [0.1, 0.15) is 0 Å². The molecule has 0 aromatic heterocycles. The van der Waals surface area contributed by atoms with Gasteiger partial charge in [0, 0.05) is 0 Å². The van der Waals surface area contributed by atoms with E-state index in [1.54, 1.807) is 0 Å². The van der Waals surface area contributed by atoms with Crippen LogP contribution in [0.2, 0.25) is 14.2 Å². The summed E-state index contributed by atoms with van der Waals surface area (Å²) in [5.41, 5.74) is 0. The molecule has 0 bridgehead atoms. The van der Waals surface area contributed by atoms with Crippen LogP contribution in [0.4, 0.5) is 0 Å². The Bertz CT molecular complexity index is 809. The molecule has 0 spiro atoms. The van der Waals surface area contributed by atoms with Crippen molar-refractivity contribution in [3.63, 3.8) is 0 Å². The van der Waals surface area contributed by atoms with E-state index in [-0.39, 0.29) is 0 Å². The van der Waals surface area contributed by atoms with Gasteiger partial charge in [-0.2, -0.15) is 0 Å². The third kappa shape index (κ3) is 21.1. The van der Waals surface area contributed by atoms with Gasteiger partial charge in [-0.15, -0.1) is 0 Å². The molecule has 0 aliphatic carbocycles. The molecule has 2 nitrogen and oxygen atoms in total. The minimum atomic E-state index is -3.25. The van der Waals surface area contributed by atoms with Crippen LogP contribution in [0.3, 0.4) is 0 Å². The fourth-order valence-corrected chi connectivity index (χ4v) is 23.2. The maximum absolute atomic E-state index is 14.6. The van der Waals surface area contributed by atoms with E-state index in [9.17, 15) is 8.42 Å². The number of rotatable bonds is 35. The van der Waals surface area contributed by atoms with Crippen LogP contribution in [0.5, 0.6) is 0 Å². The van der Waals surface area contributed by atoms with Gasteiger partial charge in [0.25, 0.3) is 0 Å². The summed E-state index contributed by atoms with van der Waals surface area (Å²) < 4.78 is 32.3. The second kappa shape index (κ2) is 30.9. The molecule has 0 amide bonds. The first-order valence-electron chi connectivity index (χ1n) is 20.8. The van der Waals surface area contributed by atoms with E-state index in [0.717, 1.165) is 33.4 Å². The summed E-state index contributed by atoms with van der Waals surface area (Å²) in [6, 6.07) is 9.68. The molecule has 4 heteroatoms. The zero-order valence-electron chi connectivity index (χ0n) is 31.4. The van der Waals surface area contributed by atoms with Gasteiger partial charge in [-0.25, -0.2) is 0 Å². The van der Waals surface area contributed by atoms with Crippen molar-refractivity contribution in [2.45, 2.75) is 232 Å². The summed E-state index contributed by atoms with van der Waals surface area (Å²) in [5, 5.41) is 0. The van der Waals surface area contributed by atoms with E-state index in [4.69, 9.17) is 0 Å². The first kappa shape index (κ1) is 43.9. The van der Waals surface area contributed by atoms with Gasteiger partial charge in [-0.1, -0.05) is 0 Å². The maximum atomic E-state index is 14.6. The number of benzene rings is 1. The molecule has 0 unspecified atom stereocenters. The zero-order valence-corrected chi connectivity index (χ0v) is 33.8. The molecule has 1 aromatic rings. The SMILES string of the molecule is CCCCCCCCCCC[CH2][Ti]([CH2]CCCCCCCCCCC)([CH2]CCCCCCCCCCC)[S](=O)(=O)c1ccccc1. The molecule has 0 saturated carbocycles. The monoisotopic (exact) mass is 697 g/mol. The summed E-state index contributed by atoms with van der Waals surface area (Å²) in [6.07, 6.45) is 39.5. The number of hydrogen-bond acceptors (Lipinski definition) is 2. The van der Waals surface area contributed by atoms with Crippen LogP contribution in [-0.2, 0) is 22.7 Å². The normalized spacial score (nSPS) is 12.2. The van der Waals surface area contributed by atoms with Crippen molar-refractivity contribution >= 4 is 7.42 Å². The van der Waals surface area contributed by atoms with Crippen LogP contribution >= 0.6 is 0 Å². The van der Waals surface area contributed by atoms with Crippen molar-refractivity contribution in [1.82, 2.24) is 0 Å². The molecule has 1 rings (SSSR count). The topological polar surface area (TPSA) is 34.1 Å². The zero-order chi connectivity index (χ0) is 33.4. The van der Waals surface area contributed by atoms with E-state index < -0.39 is 22.7 Å². The van der Waals surface area contributed by atoms with Crippen molar-refractivity contribution in [2.75, 3.05) is 0 Å². The quantitative estimate of drug-likeness (QED) is 0.0523. The number of unbranched alkanes of at least 4 members (excludes halogenated alkanes) is 27. The van der Waals surface area contributed by atoms with Crippen molar-refractivity contribution in [2.24, 2.45) is 0 Å². The van der Waals surface area contributed by atoms with Gasteiger partial charge < -0.3 is 0 Å². The molecule has 0 saturated heterocycles. The van der Waals surface area contributed by atoms with Crippen molar-refractivity contribution in [3.05, 3.63) is 30.3 Å². The average molecular weight is 697 g/mol. The van der Waals surface area contributed by atoms with Crippen LogP contribution in [0.1, 0.15) is 213 Å². The summed E-state index contributed by atoms with van der Waals surface area (Å²) >= 11 is -3.25. The molecule has 0 aliphatic rings. The first-order valence-corrected chi connectivity index (χ1v) is 27.5. The summed E-state index contributed by atoms with van der Waals surface area (Å²) in [7, 11) is -3.21. The second-order valence-corrected chi connectivity index (χ2v) is 28.4. The van der Waals surface area contributed by atoms with Crippen LogP contribution in [0.25, 0.3) is 0 Å². The average Bonchev–Trinajstić information content (AvgIpc) is 3.07. The van der Waals surface area contributed by atoms with Gasteiger partial charge in [-0.05, 0) is 0 Å². The van der Waals surface area contributed by atoms with E-state index in [1.165, 1.54) is 173 Å². The Morgan fingerprint density at radius 1 is 0.370 bits per heavy atom. The molecule has 0 radical (unpaired) electrons. The van der Waals surface area contributed by atoms with Gasteiger partial charge in [0.05, 0.1) is 0 Å². The predicted molar refractivity (Wildman–Crippen MR) is 204 cm³/mol. The summed E-state index contributed by atoms with van der Waals surface area (Å²) in [4.78, 5) is 0.640. The van der Waals surface area contributed by atoms with E-state index in [1.807, 2.05) is 30.3 Å². The molecule has 270 valence electrons. The molecule has 46 heavy (non-hydrogen) atoms. The standard InChI is InChI=1S/3C12H25.C6H5O2S.Ti/c3*1-3-5-7-9-11-12-10-8-6-4-2;7-9(8)6-4-2-1-3-5-6;/h3*1,3-12H2,2H3;1-5H;. The first-order chi connectivity index (χ1) is 22.5. The molecule has 0 N–H and O–H groups in total. The summed E-state index contributed by atoms with van der Waals surface area (Å²) in [6.45, 7) is 6.86. The minimum absolute atomic E-state index is 0.640. The molecule has 0 atom stereocenters. The van der Waals surface area contributed by atoms with Crippen molar-refractivity contribution < 1.29 is 23.7 Å². The Balaban J connectivity index is 2.78. The van der Waals surface area contributed by atoms with Gasteiger partial charge >= 0.3 is 294 Å². The van der Waals surface area contributed by atoms with Crippen molar-refractivity contribution in [3.8, 4) is 0 Å². The Kier molecular flexibility index (Phi) is 29.5. The molecule has 1 aromatic carbocycles. The Morgan fingerprint density at radius 2 is 0.609 bits per heavy atom. The summed E-state index contributed by atoms with van der Waals surface area (Å²) in [5.74, 6) is 0. The van der Waals surface area contributed by atoms with Crippen LogP contribution in [-0.4, -0.2) is 8.42 Å². The van der Waals surface area contributed by atoms with Gasteiger partial charge in [-0.3, -0.25) is 0 Å². The van der Waals surface area contributed by atoms with Gasteiger partial charge in [0.15, 0.2) is 0 Å². The fraction of sp³-hybridized carbons (Fsp3) is 0.857. The Labute approximate surface area is 292 Å². The van der Waals surface area contributed by atoms with E-state index >= 15 is 0 Å². The number of hydrogen-bond donors (Lipinski definition) is 0. The Morgan fingerprint density at radius 3 is 0.870 bits per heavy atom. The second-order valence-electron chi connectivity index (χ2n) is 14.8. The van der Waals surface area contributed by atoms with E-state index in [2.05, 4.69) is 20.8 Å². The molecular formula is C42H80O2STi. The third-order valence-electron chi connectivity index (χ3n) is 10.6. The van der Waals surface area contributed by atoms with Crippen LogP contribution in [0, 0.1) is 0 Å². The Hall–Kier alpha value is -0.116. The van der Waals surface area contributed by atoms with Crippen molar-refractivity contribution in [1.29, 1.82) is 0 Å². The van der Waals surface area contributed by atoms with Crippen LogP contribution < -0.4 is 0 Å². The molecular weight excluding hydrogens is 616 g/mol. The van der Waals surface area contributed by atoms with Gasteiger partial charge in [0.2, 0.25) is 0 Å².